The lowest BCUT2D eigenvalue weighted by Crippen LogP contribution is -2.38. The number of hydrogen-bond donors (Lipinski definition) is 4. The fraction of sp³-hybridized carbons (Fsp3) is 0.474. The summed E-state index contributed by atoms with van der Waals surface area (Å²) in [6, 6.07) is 6.37. The smallest absolute Gasteiger partial charge is 0.246 e. The van der Waals surface area contributed by atoms with Gasteiger partial charge in [0.15, 0.2) is 5.96 Å². The highest BCUT2D eigenvalue weighted by Gasteiger charge is 2.05. The van der Waals surface area contributed by atoms with Gasteiger partial charge < -0.3 is 21.1 Å². The Labute approximate surface area is 149 Å². The number of guanidine groups is 1. The first kappa shape index (κ1) is 18.8. The molecule has 0 unspecified atom stereocenters. The molecule has 2 rings (SSSR count). The summed E-state index contributed by atoms with van der Waals surface area (Å²) in [5, 5.41) is 18.4. The molecule has 1 aromatic carbocycles. The molecule has 0 aromatic heterocycles. The quantitative estimate of drug-likeness (QED) is 0.265. The predicted octanol–water partition coefficient (Wildman–Crippen LogP) is 2.78. The van der Waals surface area contributed by atoms with Gasteiger partial charge in [-0.2, -0.15) is 0 Å². The summed E-state index contributed by atoms with van der Waals surface area (Å²) in [6.45, 7) is 3.60. The Hall–Kier alpha value is -2.50. The van der Waals surface area contributed by atoms with Crippen molar-refractivity contribution < 1.29 is 9.90 Å². The van der Waals surface area contributed by atoms with Crippen LogP contribution in [-0.4, -0.2) is 36.6 Å². The molecule has 1 aliphatic rings. The highest BCUT2D eigenvalue weighted by molar-refractivity contribution is 5.94. The van der Waals surface area contributed by atoms with Gasteiger partial charge in [-0.25, -0.2) is 4.99 Å². The number of carbonyl (C=O) groups is 1. The van der Waals surface area contributed by atoms with Gasteiger partial charge in [0.1, 0.15) is 12.3 Å². The summed E-state index contributed by atoms with van der Waals surface area (Å²) in [5.74, 6) is 0.625. The maximum Gasteiger partial charge on any atom is 0.246 e. The number of amides is 1. The van der Waals surface area contributed by atoms with E-state index in [0.29, 0.717) is 11.6 Å². The van der Waals surface area contributed by atoms with Crippen LogP contribution in [0.15, 0.2) is 40.9 Å². The SMILES string of the molecule is CCNC(=NCC(=O)Nc1ccc(O)cc1)NCCC1=CCCCC1. The zero-order valence-electron chi connectivity index (χ0n) is 14.8. The first-order valence-corrected chi connectivity index (χ1v) is 8.96. The second kappa shape index (κ2) is 10.4. The summed E-state index contributed by atoms with van der Waals surface area (Å²) < 4.78 is 0. The Morgan fingerprint density at radius 3 is 2.68 bits per heavy atom. The standard InChI is InChI=1S/C19H28N4O2/c1-2-20-19(21-13-12-15-6-4-3-5-7-15)22-14-18(25)23-16-8-10-17(24)11-9-16/h6,8-11,24H,2-5,7,12-14H2,1H3,(H,23,25)(H2,20,21,22). The van der Waals surface area contributed by atoms with Crippen LogP contribution in [-0.2, 0) is 4.79 Å². The molecule has 1 amide bonds. The summed E-state index contributed by atoms with van der Waals surface area (Å²) >= 11 is 0. The van der Waals surface area contributed by atoms with E-state index in [4.69, 9.17) is 0 Å². The number of benzene rings is 1. The van der Waals surface area contributed by atoms with Gasteiger partial charge in [-0.05, 0) is 63.3 Å². The minimum absolute atomic E-state index is 0.0406. The predicted molar refractivity (Wildman–Crippen MR) is 102 cm³/mol. The van der Waals surface area contributed by atoms with E-state index < -0.39 is 0 Å². The lowest BCUT2D eigenvalue weighted by Gasteiger charge is -2.15. The number of phenolic OH excluding ortho intramolecular Hbond substituents is 1. The number of aliphatic imine (C=N–C) groups is 1. The third-order valence-corrected chi connectivity index (χ3v) is 4.00. The Bertz CT molecular complexity index is 608. The minimum atomic E-state index is -0.196. The number of aromatic hydroxyl groups is 1. The van der Waals surface area contributed by atoms with Crippen molar-refractivity contribution in [2.24, 2.45) is 4.99 Å². The van der Waals surface area contributed by atoms with Crippen molar-refractivity contribution in [1.29, 1.82) is 0 Å². The van der Waals surface area contributed by atoms with Crippen LogP contribution in [0.4, 0.5) is 5.69 Å². The Balaban J connectivity index is 1.78. The van der Waals surface area contributed by atoms with Gasteiger partial charge in [0, 0.05) is 18.8 Å². The number of carbonyl (C=O) groups excluding carboxylic acids is 1. The van der Waals surface area contributed by atoms with E-state index in [2.05, 4.69) is 27.0 Å². The van der Waals surface area contributed by atoms with E-state index in [1.807, 2.05) is 6.92 Å². The van der Waals surface area contributed by atoms with Crippen LogP contribution in [0.3, 0.4) is 0 Å². The molecule has 25 heavy (non-hydrogen) atoms. The van der Waals surface area contributed by atoms with E-state index in [1.54, 1.807) is 12.1 Å². The van der Waals surface area contributed by atoms with Crippen molar-refractivity contribution >= 4 is 17.6 Å². The van der Waals surface area contributed by atoms with Crippen LogP contribution in [0.1, 0.15) is 39.0 Å². The fourth-order valence-corrected chi connectivity index (χ4v) is 2.71. The van der Waals surface area contributed by atoms with E-state index in [9.17, 15) is 9.90 Å². The van der Waals surface area contributed by atoms with Crippen molar-refractivity contribution in [3.05, 3.63) is 35.9 Å². The number of anilines is 1. The molecule has 4 N–H and O–H groups in total. The van der Waals surface area contributed by atoms with Crippen molar-refractivity contribution in [2.45, 2.75) is 39.0 Å². The van der Waals surface area contributed by atoms with Crippen LogP contribution in [0, 0.1) is 0 Å². The molecular formula is C19H28N4O2. The fourth-order valence-electron chi connectivity index (χ4n) is 2.71. The molecule has 0 saturated heterocycles. The Morgan fingerprint density at radius 2 is 2.00 bits per heavy atom. The van der Waals surface area contributed by atoms with Crippen molar-refractivity contribution in [2.75, 3.05) is 25.0 Å². The molecule has 0 heterocycles. The molecule has 0 bridgehead atoms. The molecule has 0 spiro atoms. The molecule has 1 aromatic rings. The van der Waals surface area contributed by atoms with E-state index in [0.717, 1.165) is 19.5 Å². The number of rotatable bonds is 7. The van der Waals surface area contributed by atoms with Crippen molar-refractivity contribution in [3.8, 4) is 5.75 Å². The van der Waals surface area contributed by atoms with Gasteiger partial charge in [-0.1, -0.05) is 11.6 Å². The van der Waals surface area contributed by atoms with Crippen molar-refractivity contribution in [3.63, 3.8) is 0 Å². The average molecular weight is 344 g/mol. The van der Waals surface area contributed by atoms with Crippen LogP contribution < -0.4 is 16.0 Å². The normalized spacial score (nSPS) is 14.6. The largest absolute Gasteiger partial charge is 0.508 e. The van der Waals surface area contributed by atoms with E-state index in [-0.39, 0.29) is 18.2 Å². The molecule has 0 aliphatic heterocycles. The third kappa shape index (κ3) is 7.28. The maximum absolute atomic E-state index is 12.0. The number of phenols is 1. The number of nitrogens with one attached hydrogen (secondary N) is 3. The second-order valence-electron chi connectivity index (χ2n) is 6.08. The first-order chi connectivity index (χ1) is 12.2. The molecular weight excluding hydrogens is 316 g/mol. The average Bonchev–Trinajstić information content (AvgIpc) is 2.62. The van der Waals surface area contributed by atoms with Crippen molar-refractivity contribution in [1.82, 2.24) is 10.6 Å². The van der Waals surface area contributed by atoms with E-state index in [1.165, 1.54) is 43.4 Å². The zero-order chi connectivity index (χ0) is 17.9. The number of nitrogens with zero attached hydrogens (tertiary/aromatic N) is 1. The molecule has 6 nitrogen and oxygen atoms in total. The van der Waals surface area contributed by atoms with Crippen LogP contribution in [0.2, 0.25) is 0 Å². The third-order valence-electron chi connectivity index (χ3n) is 4.00. The molecule has 1 aliphatic carbocycles. The minimum Gasteiger partial charge on any atom is -0.508 e. The Kier molecular flexibility index (Phi) is 7.82. The Morgan fingerprint density at radius 1 is 1.20 bits per heavy atom. The number of hydrogen-bond acceptors (Lipinski definition) is 3. The monoisotopic (exact) mass is 344 g/mol. The molecule has 6 heteroatoms. The topological polar surface area (TPSA) is 85.8 Å². The van der Waals surface area contributed by atoms with E-state index >= 15 is 0 Å². The van der Waals surface area contributed by atoms with Crippen LogP contribution in [0.25, 0.3) is 0 Å². The summed E-state index contributed by atoms with van der Waals surface area (Å²) in [6.07, 6.45) is 8.35. The highest BCUT2D eigenvalue weighted by atomic mass is 16.3. The van der Waals surface area contributed by atoms with Gasteiger partial charge >= 0.3 is 0 Å². The summed E-state index contributed by atoms with van der Waals surface area (Å²) in [4.78, 5) is 16.3. The molecule has 0 saturated carbocycles. The molecule has 0 fully saturated rings. The molecule has 136 valence electrons. The summed E-state index contributed by atoms with van der Waals surface area (Å²) in [5.41, 5.74) is 2.15. The van der Waals surface area contributed by atoms with Gasteiger partial charge in [0.2, 0.25) is 5.91 Å². The first-order valence-electron chi connectivity index (χ1n) is 8.96. The second-order valence-corrected chi connectivity index (χ2v) is 6.08. The molecule has 0 atom stereocenters. The van der Waals surface area contributed by atoms with Gasteiger partial charge in [0.25, 0.3) is 0 Å². The maximum atomic E-state index is 12.0. The lowest BCUT2D eigenvalue weighted by atomic mass is 9.97. The summed E-state index contributed by atoms with van der Waals surface area (Å²) in [7, 11) is 0. The number of allylic oxidation sites excluding steroid dienone is 1. The van der Waals surface area contributed by atoms with Gasteiger partial charge in [-0.3, -0.25) is 4.79 Å². The van der Waals surface area contributed by atoms with Gasteiger partial charge in [-0.15, -0.1) is 0 Å². The van der Waals surface area contributed by atoms with Crippen LogP contribution in [0.5, 0.6) is 5.75 Å². The lowest BCUT2D eigenvalue weighted by molar-refractivity contribution is -0.114. The van der Waals surface area contributed by atoms with Gasteiger partial charge in [0.05, 0.1) is 0 Å². The molecule has 0 radical (unpaired) electrons. The zero-order valence-corrected chi connectivity index (χ0v) is 14.8. The highest BCUT2D eigenvalue weighted by Crippen LogP contribution is 2.19. The van der Waals surface area contributed by atoms with Crippen LogP contribution >= 0.6 is 0 Å².